The number of benzene rings is 3. The summed E-state index contributed by atoms with van der Waals surface area (Å²) < 4.78 is 10.7. The van der Waals surface area contributed by atoms with E-state index < -0.39 is 16.7 Å². The number of nitro groups is 1. The van der Waals surface area contributed by atoms with E-state index in [0.29, 0.717) is 22.6 Å². The second-order valence-electron chi connectivity index (χ2n) is 7.42. The number of amides is 2. The molecule has 10 nitrogen and oxygen atoms in total. The maximum atomic E-state index is 12.8. The van der Waals surface area contributed by atoms with Crippen molar-refractivity contribution in [2.24, 2.45) is 5.10 Å². The molecule has 10 heteroatoms. The highest BCUT2D eigenvalue weighted by Gasteiger charge is 2.16. The van der Waals surface area contributed by atoms with Crippen LogP contribution in [0.3, 0.4) is 0 Å². The van der Waals surface area contributed by atoms with E-state index in [1.807, 2.05) is 0 Å². The molecular weight excluding hydrogens is 464 g/mol. The van der Waals surface area contributed by atoms with E-state index in [1.165, 1.54) is 24.4 Å². The third-order valence-corrected chi connectivity index (χ3v) is 4.96. The molecule has 36 heavy (non-hydrogen) atoms. The number of carbonyl (C=O) groups excluding carboxylic acids is 2. The van der Waals surface area contributed by atoms with Crippen LogP contribution < -0.4 is 20.2 Å². The lowest BCUT2D eigenvalue weighted by Gasteiger charge is -2.09. The Balaban J connectivity index is 1.46. The molecule has 1 aliphatic heterocycles. The Morgan fingerprint density at radius 3 is 2.42 bits per heavy atom. The first-order chi connectivity index (χ1) is 17.5. The fourth-order valence-corrected chi connectivity index (χ4v) is 3.17. The predicted octanol–water partition coefficient (Wildman–Crippen LogP) is 3.91. The molecule has 1 aliphatic rings. The molecule has 180 valence electrons. The molecular formula is C26H20N4O6. The molecule has 2 amide bonds. The third kappa shape index (κ3) is 6.20. The highest BCUT2D eigenvalue weighted by Crippen LogP contribution is 2.33. The summed E-state index contributed by atoms with van der Waals surface area (Å²) >= 11 is 0. The number of carbonyl (C=O) groups is 2. The first-order valence-corrected chi connectivity index (χ1v) is 10.7. The van der Waals surface area contributed by atoms with Crippen LogP contribution in [0.25, 0.3) is 12.2 Å². The third-order valence-electron chi connectivity index (χ3n) is 4.96. The highest BCUT2D eigenvalue weighted by atomic mass is 16.7. The molecule has 0 fully saturated rings. The minimum Gasteiger partial charge on any atom is -0.454 e. The summed E-state index contributed by atoms with van der Waals surface area (Å²) in [5, 5.41) is 17.2. The topological polar surface area (TPSA) is 132 Å². The van der Waals surface area contributed by atoms with Crippen LogP contribution in [-0.2, 0) is 4.79 Å². The SMILES string of the molecule is O=C(N/N=C\C=C\c1ccc([N+](=O)[O-])cc1)/C(=C/c1ccc2c(c1)OCO2)NC(=O)c1ccccc1. The van der Waals surface area contributed by atoms with Crippen LogP contribution in [0.5, 0.6) is 11.5 Å². The van der Waals surface area contributed by atoms with Gasteiger partial charge in [-0.3, -0.25) is 19.7 Å². The van der Waals surface area contributed by atoms with Gasteiger partial charge in [-0.25, -0.2) is 5.43 Å². The average Bonchev–Trinajstić information content (AvgIpc) is 3.36. The van der Waals surface area contributed by atoms with E-state index in [4.69, 9.17) is 9.47 Å². The van der Waals surface area contributed by atoms with Crippen molar-refractivity contribution in [2.75, 3.05) is 6.79 Å². The number of hydrogen-bond donors (Lipinski definition) is 2. The molecule has 3 aromatic carbocycles. The standard InChI is InChI=1S/C26H20N4O6/c31-25(20-6-2-1-3-7-20)28-22(15-19-10-13-23-24(16-19)36-17-35-23)26(32)29-27-14-4-5-18-8-11-21(12-9-18)30(33)34/h1-16H,17H2,(H,28,31)(H,29,32)/b5-4+,22-15-,27-14-. The van der Waals surface area contributed by atoms with Gasteiger partial charge in [0.05, 0.1) is 4.92 Å². The lowest BCUT2D eigenvalue weighted by molar-refractivity contribution is -0.384. The fourth-order valence-electron chi connectivity index (χ4n) is 3.17. The van der Waals surface area contributed by atoms with E-state index in [0.717, 1.165) is 5.56 Å². The summed E-state index contributed by atoms with van der Waals surface area (Å²) in [4.78, 5) is 35.7. The van der Waals surface area contributed by atoms with E-state index in [1.54, 1.807) is 72.8 Å². The van der Waals surface area contributed by atoms with Crippen LogP contribution in [0.15, 0.2) is 89.7 Å². The summed E-state index contributed by atoms with van der Waals surface area (Å²) in [6.07, 6.45) is 6.07. The number of nitro benzene ring substituents is 1. The largest absolute Gasteiger partial charge is 0.454 e. The van der Waals surface area contributed by atoms with Gasteiger partial charge in [0.15, 0.2) is 11.5 Å². The molecule has 3 aromatic rings. The van der Waals surface area contributed by atoms with Crippen molar-refractivity contribution in [2.45, 2.75) is 0 Å². The Kier molecular flexibility index (Phi) is 7.47. The Morgan fingerprint density at radius 2 is 1.67 bits per heavy atom. The molecule has 0 aromatic heterocycles. The number of allylic oxidation sites excluding steroid dienone is 1. The normalized spacial score (nSPS) is 12.6. The van der Waals surface area contributed by atoms with E-state index >= 15 is 0 Å². The average molecular weight is 484 g/mol. The smallest absolute Gasteiger partial charge is 0.287 e. The number of non-ortho nitro benzene ring substituents is 1. The second-order valence-corrected chi connectivity index (χ2v) is 7.42. The molecule has 4 rings (SSSR count). The zero-order valence-corrected chi connectivity index (χ0v) is 18.8. The van der Waals surface area contributed by atoms with Crippen molar-refractivity contribution in [3.05, 3.63) is 111 Å². The number of rotatable bonds is 8. The highest BCUT2D eigenvalue weighted by molar-refractivity contribution is 6.05. The number of ether oxygens (including phenoxy) is 2. The van der Waals surface area contributed by atoms with E-state index in [2.05, 4.69) is 15.8 Å². The van der Waals surface area contributed by atoms with Gasteiger partial charge in [0.1, 0.15) is 5.70 Å². The van der Waals surface area contributed by atoms with Gasteiger partial charge in [0.2, 0.25) is 6.79 Å². The number of nitrogens with one attached hydrogen (secondary N) is 2. The van der Waals surface area contributed by atoms with Crippen LogP contribution in [0.4, 0.5) is 5.69 Å². The Hall–Kier alpha value is -5.25. The van der Waals surface area contributed by atoms with Crippen molar-refractivity contribution in [1.82, 2.24) is 10.7 Å². The second kappa shape index (κ2) is 11.3. The van der Waals surface area contributed by atoms with Crippen molar-refractivity contribution in [3.63, 3.8) is 0 Å². The van der Waals surface area contributed by atoms with Gasteiger partial charge in [-0.15, -0.1) is 0 Å². The lowest BCUT2D eigenvalue weighted by Crippen LogP contribution is -2.32. The summed E-state index contributed by atoms with van der Waals surface area (Å²) in [5.41, 5.74) is 4.05. The van der Waals surface area contributed by atoms with Gasteiger partial charge in [0.25, 0.3) is 17.5 Å². The van der Waals surface area contributed by atoms with Gasteiger partial charge < -0.3 is 14.8 Å². The Morgan fingerprint density at radius 1 is 0.944 bits per heavy atom. The van der Waals surface area contributed by atoms with E-state index in [-0.39, 0.29) is 18.2 Å². The minimum absolute atomic E-state index is 0.00703. The van der Waals surface area contributed by atoms with Crippen molar-refractivity contribution >= 4 is 35.9 Å². The van der Waals surface area contributed by atoms with Gasteiger partial charge in [0, 0.05) is 23.9 Å². The summed E-state index contributed by atoms with van der Waals surface area (Å²) in [6, 6.07) is 19.6. The van der Waals surface area contributed by atoms with Crippen molar-refractivity contribution in [3.8, 4) is 11.5 Å². The Bertz CT molecular complexity index is 1360. The summed E-state index contributed by atoms with van der Waals surface area (Å²) in [7, 11) is 0. The van der Waals surface area contributed by atoms with Crippen LogP contribution in [-0.4, -0.2) is 29.7 Å². The summed E-state index contributed by atoms with van der Waals surface area (Å²) in [6.45, 7) is 0.114. The number of fused-ring (bicyclic) bond motifs is 1. The monoisotopic (exact) mass is 484 g/mol. The predicted molar refractivity (Wildman–Crippen MR) is 133 cm³/mol. The zero-order chi connectivity index (χ0) is 25.3. The number of nitrogens with zero attached hydrogens (tertiary/aromatic N) is 2. The van der Waals surface area contributed by atoms with E-state index in [9.17, 15) is 19.7 Å². The molecule has 1 heterocycles. The molecule has 0 saturated carbocycles. The zero-order valence-electron chi connectivity index (χ0n) is 18.8. The van der Waals surface area contributed by atoms with Gasteiger partial charge in [-0.2, -0.15) is 5.10 Å². The fraction of sp³-hybridized carbons (Fsp3) is 0.0385. The van der Waals surface area contributed by atoms with Crippen LogP contribution in [0.2, 0.25) is 0 Å². The lowest BCUT2D eigenvalue weighted by atomic mass is 10.1. The van der Waals surface area contributed by atoms with Gasteiger partial charge in [-0.05, 0) is 59.7 Å². The molecule has 0 unspecified atom stereocenters. The molecule has 0 bridgehead atoms. The van der Waals surface area contributed by atoms with Crippen molar-refractivity contribution in [1.29, 1.82) is 0 Å². The van der Waals surface area contributed by atoms with Crippen molar-refractivity contribution < 1.29 is 24.0 Å². The van der Waals surface area contributed by atoms with Crippen LogP contribution in [0, 0.1) is 10.1 Å². The molecule has 0 aliphatic carbocycles. The van der Waals surface area contributed by atoms with Gasteiger partial charge in [-0.1, -0.05) is 30.3 Å². The Labute approximate surface area is 205 Å². The number of hydrogen-bond acceptors (Lipinski definition) is 7. The summed E-state index contributed by atoms with van der Waals surface area (Å²) in [5.74, 6) is 0.0277. The van der Waals surface area contributed by atoms with Gasteiger partial charge >= 0.3 is 0 Å². The molecule has 2 N–H and O–H groups in total. The van der Waals surface area contributed by atoms with Crippen LogP contribution >= 0.6 is 0 Å². The first-order valence-electron chi connectivity index (χ1n) is 10.7. The number of hydrazone groups is 1. The molecule has 0 radical (unpaired) electrons. The minimum atomic E-state index is -0.642. The van der Waals surface area contributed by atoms with Crippen LogP contribution in [0.1, 0.15) is 21.5 Å². The quantitative estimate of drug-likeness (QED) is 0.216. The molecule has 0 atom stereocenters. The first kappa shape index (κ1) is 23.9. The maximum absolute atomic E-state index is 12.8. The molecule has 0 spiro atoms. The maximum Gasteiger partial charge on any atom is 0.287 e. The molecule has 0 saturated heterocycles.